The van der Waals surface area contributed by atoms with Crippen LogP contribution >= 0.6 is 0 Å². The normalized spacial score (nSPS) is 11.5. The molecule has 0 saturated carbocycles. The first kappa shape index (κ1) is 60.7. The zero-order valence-corrected chi connectivity index (χ0v) is 32.6. The van der Waals surface area contributed by atoms with Gasteiger partial charge in [-0.2, -0.15) is 20.4 Å². The number of para-hydroxylation sites is 2. The van der Waals surface area contributed by atoms with E-state index >= 15 is 0 Å². The number of hydrogen-bond acceptors (Lipinski definition) is 18. The zero-order valence-electron chi connectivity index (χ0n) is 29.2. The van der Waals surface area contributed by atoms with E-state index in [1.807, 2.05) is 0 Å². The number of carbonyl (C=O) groups is 2. The van der Waals surface area contributed by atoms with Gasteiger partial charge in [-0.15, -0.1) is 11.5 Å². The molecule has 4 N–H and O–H groups in total. The van der Waals surface area contributed by atoms with Crippen LogP contribution < -0.4 is 30.6 Å². The number of aliphatic hydroxyl groups is 2. The van der Waals surface area contributed by atoms with E-state index < -0.39 is 11.8 Å². The summed E-state index contributed by atoms with van der Waals surface area (Å²) >= 11 is 0. The smallest absolute Gasteiger partial charge is 0.876 e. The van der Waals surface area contributed by atoms with Gasteiger partial charge in [-0.3, -0.25) is 9.59 Å². The minimum Gasteiger partial charge on any atom is -0.876 e. The molecule has 18 nitrogen and oxygen atoms in total. The molecule has 0 heterocycles. The Balaban J connectivity index is -0.000000137. The van der Waals surface area contributed by atoms with Gasteiger partial charge in [-0.25, -0.2) is 0 Å². The van der Waals surface area contributed by atoms with Crippen LogP contribution in [0.15, 0.2) is 103 Å². The third-order valence-electron chi connectivity index (χ3n) is 4.26. The Kier molecular flexibility index (Phi) is 47.2. The molecule has 20 heteroatoms. The molecule has 0 fully saturated rings. The Hall–Kier alpha value is -3.36. The Morgan fingerprint density at radius 1 is 0.558 bits per heavy atom. The van der Waals surface area contributed by atoms with Crippen molar-refractivity contribution in [2.45, 2.75) is 41.5 Å². The predicted octanol–water partition coefficient (Wildman–Crippen LogP) is -1.70. The Labute approximate surface area is 378 Å². The van der Waals surface area contributed by atoms with Crippen molar-refractivity contribution in [2.75, 3.05) is 14.2 Å². The molecule has 0 aliphatic carbocycles. The summed E-state index contributed by atoms with van der Waals surface area (Å²) in [5.41, 5.74) is 0.315. The van der Waals surface area contributed by atoms with Crippen LogP contribution in [0.25, 0.3) is 0 Å². The molecule has 2 rings (SSSR count). The van der Waals surface area contributed by atoms with Gasteiger partial charge in [0.2, 0.25) is 0 Å². The van der Waals surface area contributed by atoms with E-state index in [9.17, 15) is 40.2 Å². The summed E-state index contributed by atoms with van der Waals surface area (Å²) in [6.07, 6.45) is 4.45. The molecule has 0 amide bonds. The third-order valence-corrected chi connectivity index (χ3v) is 4.26. The first-order valence-electron chi connectivity index (χ1n) is 13.6. The quantitative estimate of drug-likeness (QED) is 0.0575. The summed E-state index contributed by atoms with van der Waals surface area (Å²) in [7, 11) is 2.00. The van der Waals surface area contributed by atoms with E-state index in [0.717, 1.165) is 26.4 Å². The van der Waals surface area contributed by atoms with Crippen LogP contribution in [0.5, 0.6) is 11.5 Å². The SMILES string of the molecule is CC(=N\O)/C([O-])=N/N=C/c1ccccc1[O-].CC(=N\O)/C([O-])=N/N=C/c1ccccc1[O-].CC(=O)/C=C(/C)[O-].CC(=O)/C=C(/C)[O-].CO.CO.[Yb+3].[Yb+3]. The van der Waals surface area contributed by atoms with Gasteiger partial charge in [0.15, 0.2) is 11.6 Å². The van der Waals surface area contributed by atoms with Crippen molar-refractivity contribution in [3.63, 3.8) is 0 Å². The Bertz CT molecular complexity index is 1420. The minimum absolute atomic E-state index is 0. The van der Waals surface area contributed by atoms with E-state index in [0.29, 0.717) is 11.1 Å². The van der Waals surface area contributed by atoms with Crippen LogP contribution in [0, 0.1) is 93.8 Å². The van der Waals surface area contributed by atoms with Crippen molar-refractivity contribution in [3.05, 3.63) is 83.3 Å². The summed E-state index contributed by atoms with van der Waals surface area (Å²) in [4.78, 5) is 20.0. The monoisotopic (exact) mass is 1050 g/mol. The maximum atomic E-state index is 11.2. The Morgan fingerprint density at radius 2 is 0.827 bits per heavy atom. The standard InChI is InChI=1S/2C10H11N3O3.2C5H8O2.2CH4O.2Yb/c2*1-7(13-16)10(15)12-11-6-8-4-2-3-5-9(8)14;2*1-4(6)3-5(2)7;2*1-2;;/h2*2-6,14,16H,1H3,(H,12,15);2*3,6H,1-2H3;2*2H,1H3;;/q;;;;;;2*+3/p-6/b2*11-6+,13-7+;2*4-3-;;;;. The summed E-state index contributed by atoms with van der Waals surface area (Å²) in [6.45, 7) is 7.98. The third kappa shape index (κ3) is 37.9. The molecular weight excluding hydrogens is 1010 g/mol. The molecule has 0 unspecified atom stereocenters. The number of rotatable bonds is 8. The molecule has 0 spiro atoms. The second-order valence-corrected chi connectivity index (χ2v) is 8.48. The number of carbonyl (C=O) groups excluding carboxylic acids is 2. The molecule has 2 aromatic rings. The van der Waals surface area contributed by atoms with Crippen molar-refractivity contribution >= 4 is 47.2 Å². The summed E-state index contributed by atoms with van der Waals surface area (Å²) in [6, 6.07) is 12.4. The fourth-order valence-corrected chi connectivity index (χ4v) is 2.26. The van der Waals surface area contributed by atoms with Gasteiger partial charge in [0.1, 0.15) is 0 Å². The maximum absolute atomic E-state index is 11.2. The molecule has 52 heavy (non-hydrogen) atoms. The summed E-state index contributed by atoms with van der Waals surface area (Å²) < 4.78 is 0. The molecule has 2 aromatic carbocycles. The fourth-order valence-electron chi connectivity index (χ4n) is 2.26. The number of allylic oxidation sites excluding steroid dienone is 4. The van der Waals surface area contributed by atoms with Crippen LogP contribution in [-0.2, 0) is 9.59 Å². The number of oxime groups is 2. The van der Waals surface area contributed by atoms with Crippen molar-refractivity contribution in [1.82, 2.24) is 0 Å². The predicted molar refractivity (Wildman–Crippen MR) is 177 cm³/mol. The van der Waals surface area contributed by atoms with Crippen LogP contribution in [0.1, 0.15) is 52.7 Å². The van der Waals surface area contributed by atoms with Crippen molar-refractivity contribution in [1.29, 1.82) is 0 Å². The molecular formula is C32H40N6O12Yb2. The average Bonchev–Trinajstić information content (AvgIpc) is 3.07. The van der Waals surface area contributed by atoms with Gasteiger partial charge >= 0.3 is 93.8 Å². The van der Waals surface area contributed by atoms with Crippen molar-refractivity contribution in [3.8, 4) is 11.5 Å². The van der Waals surface area contributed by atoms with Gasteiger partial charge in [-0.1, -0.05) is 84.2 Å². The number of benzene rings is 2. The van der Waals surface area contributed by atoms with Gasteiger partial charge in [0.25, 0.3) is 0 Å². The zero-order chi connectivity index (χ0) is 39.7. The van der Waals surface area contributed by atoms with Gasteiger partial charge in [0.05, 0.1) is 23.9 Å². The summed E-state index contributed by atoms with van der Waals surface area (Å²) in [5, 5.41) is 114. The molecule has 0 aliphatic rings. The molecule has 0 aromatic heterocycles. The van der Waals surface area contributed by atoms with Gasteiger partial charge in [0, 0.05) is 26.0 Å². The van der Waals surface area contributed by atoms with Crippen molar-refractivity contribution in [2.24, 2.45) is 30.7 Å². The van der Waals surface area contributed by atoms with Crippen LogP contribution in [0.2, 0.25) is 0 Å². The molecule has 298 valence electrons. The summed E-state index contributed by atoms with van der Waals surface area (Å²) in [5.74, 6) is -2.69. The van der Waals surface area contributed by atoms with E-state index in [2.05, 4.69) is 30.7 Å². The molecule has 0 saturated heterocycles. The number of hydrogen-bond donors (Lipinski definition) is 4. The molecule has 2 radical (unpaired) electrons. The van der Waals surface area contributed by atoms with E-state index in [1.54, 1.807) is 36.4 Å². The number of ketones is 2. The minimum atomic E-state index is -0.762. The van der Waals surface area contributed by atoms with Crippen molar-refractivity contribution < 1.29 is 155 Å². The second-order valence-electron chi connectivity index (χ2n) is 8.48. The van der Waals surface area contributed by atoms with E-state index in [4.69, 9.17) is 20.6 Å². The number of nitrogens with zero attached hydrogens (tertiary/aromatic N) is 6. The largest absolute Gasteiger partial charge is 3.00 e. The van der Waals surface area contributed by atoms with E-state index in [1.165, 1.54) is 66.1 Å². The first-order chi connectivity index (χ1) is 23.5. The average molecular weight is 1050 g/mol. The second kappa shape index (κ2) is 40.4. The van der Waals surface area contributed by atoms with E-state index in [-0.39, 0.29) is 140 Å². The molecule has 0 aliphatic heterocycles. The maximum Gasteiger partial charge on any atom is 3.00 e. The van der Waals surface area contributed by atoms with Gasteiger partial charge < -0.3 is 51.3 Å². The van der Waals surface area contributed by atoms with Crippen LogP contribution in [0.4, 0.5) is 0 Å². The number of aliphatic hydroxyl groups excluding tert-OH is 2. The van der Waals surface area contributed by atoms with Crippen LogP contribution in [-0.4, -0.2) is 82.1 Å². The molecule has 0 bridgehead atoms. The van der Waals surface area contributed by atoms with Gasteiger partial charge in [-0.05, 0) is 51.0 Å². The Morgan fingerprint density at radius 3 is 1.02 bits per heavy atom. The molecule has 0 atom stereocenters. The topological polar surface area (TPSA) is 328 Å². The fraction of sp³-hybridized carbons (Fsp3) is 0.250. The first-order valence-corrected chi connectivity index (χ1v) is 13.6. The van der Waals surface area contributed by atoms with Crippen LogP contribution in [0.3, 0.4) is 0 Å².